The second-order valence-electron chi connectivity index (χ2n) is 6.65. The molecule has 0 saturated heterocycles. The Kier molecular flexibility index (Phi) is 4.16. The average molecular weight is 349 g/mol. The third-order valence-corrected chi connectivity index (χ3v) is 4.90. The first kappa shape index (κ1) is 16.3. The molecule has 132 valence electrons. The van der Waals surface area contributed by atoms with Gasteiger partial charge in [-0.25, -0.2) is 4.68 Å². The number of nitrogens with zero attached hydrogens (tertiary/aromatic N) is 1. The summed E-state index contributed by atoms with van der Waals surface area (Å²) in [6.45, 7) is -0.197. The van der Waals surface area contributed by atoms with E-state index in [9.17, 15) is 14.4 Å². The van der Waals surface area contributed by atoms with E-state index >= 15 is 0 Å². The Morgan fingerprint density at radius 3 is 2.54 bits per heavy atom. The van der Waals surface area contributed by atoms with Crippen LogP contribution in [0, 0.1) is 0 Å². The number of aryl methyl sites for hydroxylation is 1. The van der Waals surface area contributed by atoms with Crippen LogP contribution in [0.3, 0.4) is 0 Å². The second kappa shape index (κ2) is 6.63. The Bertz CT molecular complexity index is 1100. The highest BCUT2D eigenvalue weighted by Crippen LogP contribution is 2.20. The van der Waals surface area contributed by atoms with Crippen LogP contribution in [0.5, 0.6) is 0 Å². The molecule has 0 radical (unpaired) electrons. The maximum atomic E-state index is 12.5. The van der Waals surface area contributed by atoms with Crippen LogP contribution >= 0.6 is 0 Å². The zero-order chi connectivity index (χ0) is 18.1. The summed E-state index contributed by atoms with van der Waals surface area (Å²) in [5.74, 6) is -0.276. The zero-order valence-corrected chi connectivity index (χ0v) is 14.2. The molecule has 0 unspecified atom stereocenters. The highest BCUT2D eigenvalue weighted by molar-refractivity contribution is 5.81. The predicted octanol–water partition coefficient (Wildman–Crippen LogP) is 1.36. The molecule has 0 bridgehead atoms. The maximum absolute atomic E-state index is 12.5. The van der Waals surface area contributed by atoms with Crippen molar-refractivity contribution < 1.29 is 4.79 Å². The van der Waals surface area contributed by atoms with Gasteiger partial charge in [0.2, 0.25) is 5.91 Å². The van der Waals surface area contributed by atoms with Crippen LogP contribution in [-0.2, 0) is 24.2 Å². The van der Waals surface area contributed by atoms with E-state index in [1.165, 1.54) is 11.1 Å². The van der Waals surface area contributed by atoms with Gasteiger partial charge < -0.3 is 5.32 Å². The fourth-order valence-electron chi connectivity index (χ4n) is 3.60. The number of aromatic amines is 1. The van der Waals surface area contributed by atoms with E-state index < -0.39 is 0 Å². The molecule has 4 rings (SSSR count). The van der Waals surface area contributed by atoms with Crippen molar-refractivity contribution in [1.82, 2.24) is 15.1 Å². The van der Waals surface area contributed by atoms with Crippen molar-refractivity contribution in [2.24, 2.45) is 0 Å². The first-order chi connectivity index (χ1) is 12.6. The Hall–Kier alpha value is -3.15. The second-order valence-corrected chi connectivity index (χ2v) is 6.65. The van der Waals surface area contributed by atoms with Gasteiger partial charge in [-0.1, -0.05) is 36.4 Å². The quantitative estimate of drug-likeness (QED) is 0.749. The van der Waals surface area contributed by atoms with E-state index in [1.807, 2.05) is 12.1 Å². The molecular weight excluding hydrogens is 330 g/mol. The van der Waals surface area contributed by atoms with E-state index in [0.717, 1.165) is 23.9 Å². The molecule has 6 heteroatoms. The summed E-state index contributed by atoms with van der Waals surface area (Å²) in [6, 6.07) is 14.9. The molecule has 1 heterocycles. The van der Waals surface area contributed by atoms with Gasteiger partial charge in [-0.2, -0.15) is 0 Å². The number of H-pyrrole nitrogens is 1. The van der Waals surface area contributed by atoms with Gasteiger partial charge in [0.15, 0.2) is 0 Å². The lowest BCUT2D eigenvalue weighted by Crippen LogP contribution is -2.43. The van der Waals surface area contributed by atoms with Crippen LogP contribution in [0.2, 0.25) is 0 Å². The SMILES string of the molecule is O=C(Cn1[nH]c(=O)c2ccccc2c1=O)N[C@H]1CCc2ccccc2C1. The van der Waals surface area contributed by atoms with Crippen molar-refractivity contribution >= 4 is 16.7 Å². The molecule has 6 nitrogen and oxygen atoms in total. The van der Waals surface area contributed by atoms with Crippen molar-refractivity contribution in [1.29, 1.82) is 0 Å². The Morgan fingerprint density at radius 1 is 1.04 bits per heavy atom. The number of nitrogens with one attached hydrogen (secondary N) is 2. The van der Waals surface area contributed by atoms with Crippen LogP contribution in [0.25, 0.3) is 10.8 Å². The number of amides is 1. The first-order valence-corrected chi connectivity index (χ1v) is 8.70. The van der Waals surface area contributed by atoms with E-state index in [2.05, 4.69) is 22.5 Å². The average Bonchev–Trinajstić information content (AvgIpc) is 2.66. The number of benzene rings is 2. The van der Waals surface area contributed by atoms with Crippen LogP contribution < -0.4 is 16.4 Å². The number of carbonyl (C=O) groups excluding carboxylic acids is 1. The highest BCUT2D eigenvalue weighted by Gasteiger charge is 2.20. The lowest BCUT2D eigenvalue weighted by Gasteiger charge is -2.25. The van der Waals surface area contributed by atoms with Gasteiger partial charge in [0, 0.05) is 6.04 Å². The summed E-state index contributed by atoms with van der Waals surface area (Å²) in [5, 5.41) is 6.12. The van der Waals surface area contributed by atoms with Crippen molar-refractivity contribution in [3.05, 3.63) is 80.4 Å². The lowest BCUT2D eigenvalue weighted by atomic mass is 9.88. The number of aromatic nitrogens is 2. The monoisotopic (exact) mass is 349 g/mol. The molecular formula is C20H19N3O3. The summed E-state index contributed by atoms with van der Waals surface area (Å²) in [4.78, 5) is 37.0. The van der Waals surface area contributed by atoms with Crippen molar-refractivity contribution in [3.8, 4) is 0 Å². The molecule has 1 amide bonds. The highest BCUT2D eigenvalue weighted by atomic mass is 16.2. The van der Waals surface area contributed by atoms with Gasteiger partial charge in [-0.3, -0.25) is 19.5 Å². The summed E-state index contributed by atoms with van der Waals surface area (Å²) in [7, 11) is 0. The summed E-state index contributed by atoms with van der Waals surface area (Å²) in [6.07, 6.45) is 2.57. The van der Waals surface area contributed by atoms with Crippen LogP contribution in [0.15, 0.2) is 58.1 Å². The molecule has 0 fully saturated rings. The molecule has 1 aromatic heterocycles. The summed E-state index contributed by atoms with van der Waals surface area (Å²) in [5.41, 5.74) is 1.83. The van der Waals surface area contributed by atoms with Gasteiger partial charge in [0.25, 0.3) is 11.1 Å². The first-order valence-electron chi connectivity index (χ1n) is 8.70. The van der Waals surface area contributed by atoms with Crippen LogP contribution in [-0.4, -0.2) is 21.7 Å². The molecule has 2 aromatic carbocycles. The summed E-state index contributed by atoms with van der Waals surface area (Å²) < 4.78 is 1.08. The Morgan fingerprint density at radius 2 is 1.73 bits per heavy atom. The fraction of sp³-hybridized carbons (Fsp3) is 0.250. The number of hydrogen-bond donors (Lipinski definition) is 2. The molecule has 1 aliphatic carbocycles. The van der Waals surface area contributed by atoms with Crippen LogP contribution in [0.4, 0.5) is 0 Å². The molecule has 1 atom stereocenters. The number of fused-ring (bicyclic) bond motifs is 2. The van der Waals surface area contributed by atoms with E-state index in [4.69, 9.17) is 0 Å². The van der Waals surface area contributed by atoms with Crippen molar-refractivity contribution in [2.75, 3.05) is 0 Å². The molecule has 1 aliphatic rings. The summed E-state index contributed by atoms with van der Waals surface area (Å²) >= 11 is 0. The van der Waals surface area contributed by atoms with Crippen molar-refractivity contribution in [2.45, 2.75) is 31.8 Å². The van der Waals surface area contributed by atoms with E-state index in [-0.39, 0.29) is 29.6 Å². The molecule has 0 aliphatic heterocycles. The Balaban J connectivity index is 1.51. The normalized spacial score (nSPS) is 16.2. The largest absolute Gasteiger partial charge is 0.351 e. The fourth-order valence-corrected chi connectivity index (χ4v) is 3.60. The predicted molar refractivity (Wildman–Crippen MR) is 99.2 cm³/mol. The van der Waals surface area contributed by atoms with Crippen LogP contribution in [0.1, 0.15) is 17.5 Å². The minimum Gasteiger partial charge on any atom is -0.351 e. The van der Waals surface area contributed by atoms with Gasteiger partial charge in [-0.05, 0) is 42.5 Å². The molecule has 2 N–H and O–H groups in total. The molecule has 0 saturated carbocycles. The number of carbonyl (C=O) groups is 1. The van der Waals surface area contributed by atoms with Gasteiger partial charge in [-0.15, -0.1) is 0 Å². The third-order valence-electron chi connectivity index (χ3n) is 4.90. The maximum Gasteiger partial charge on any atom is 0.273 e. The number of rotatable bonds is 3. The lowest BCUT2D eigenvalue weighted by molar-refractivity contribution is -0.122. The third kappa shape index (κ3) is 3.06. The topological polar surface area (TPSA) is 84.0 Å². The minimum absolute atomic E-state index is 0.0419. The standard InChI is InChI=1S/C20H19N3O3/c24-18(21-15-10-9-13-5-1-2-6-14(13)11-15)12-23-20(26)17-8-4-3-7-16(17)19(25)22-23/h1-8,15H,9-12H2,(H,21,24)(H,22,25)/t15-/m0/s1. The zero-order valence-electron chi connectivity index (χ0n) is 14.2. The van der Waals surface area contributed by atoms with Gasteiger partial charge in [0.1, 0.15) is 6.54 Å². The molecule has 26 heavy (non-hydrogen) atoms. The Labute approximate surface area is 149 Å². The van der Waals surface area contributed by atoms with E-state index in [1.54, 1.807) is 24.3 Å². The van der Waals surface area contributed by atoms with Gasteiger partial charge >= 0.3 is 0 Å². The molecule has 0 spiro atoms. The smallest absolute Gasteiger partial charge is 0.273 e. The number of hydrogen-bond acceptors (Lipinski definition) is 3. The van der Waals surface area contributed by atoms with Crippen molar-refractivity contribution in [3.63, 3.8) is 0 Å². The molecule has 3 aromatic rings. The minimum atomic E-state index is -0.375. The van der Waals surface area contributed by atoms with E-state index in [0.29, 0.717) is 10.8 Å². The van der Waals surface area contributed by atoms with Gasteiger partial charge in [0.05, 0.1) is 10.8 Å².